The highest BCUT2D eigenvalue weighted by Crippen LogP contribution is 2.34. The van der Waals surface area contributed by atoms with Crippen LogP contribution in [0.5, 0.6) is 0 Å². The molecule has 1 aliphatic rings. The number of hydrogen-bond acceptors (Lipinski definition) is 6. The number of halogens is 3. The van der Waals surface area contributed by atoms with Gasteiger partial charge in [0.05, 0.1) is 5.02 Å². The molecule has 0 bridgehead atoms. The van der Waals surface area contributed by atoms with Crippen LogP contribution < -0.4 is 16.0 Å². The van der Waals surface area contributed by atoms with Gasteiger partial charge in [-0.05, 0) is 63.1 Å². The highest BCUT2D eigenvalue weighted by atomic mass is 35.5. The number of nitrogens with zero attached hydrogens (tertiary/aromatic N) is 2. The Balaban J connectivity index is 0.00000241. The third-order valence-corrected chi connectivity index (χ3v) is 6.49. The predicted octanol–water partition coefficient (Wildman–Crippen LogP) is 5.00. The zero-order valence-corrected chi connectivity index (χ0v) is 23.1. The number of pyridine rings is 1. The van der Waals surface area contributed by atoms with Crippen LogP contribution in [0.15, 0.2) is 40.9 Å². The zero-order chi connectivity index (χ0) is 25.1. The molecule has 1 saturated carbocycles. The average molecular weight is 571 g/mol. The van der Waals surface area contributed by atoms with Crippen LogP contribution in [0.1, 0.15) is 46.6 Å². The van der Waals surface area contributed by atoms with E-state index in [1.54, 1.807) is 44.4 Å². The molecule has 0 spiro atoms. The Labute approximate surface area is 232 Å². The third kappa shape index (κ3) is 6.93. The lowest BCUT2D eigenvalue weighted by atomic mass is 9.85. The van der Waals surface area contributed by atoms with Crippen molar-refractivity contribution < 1.29 is 18.8 Å². The predicted molar refractivity (Wildman–Crippen MR) is 149 cm³/mol. The van der Waals surface area contributed by atoms with Crippen LogP contribution in [0.25, 0.3) is 11.0 Å². The van der Waals surface area contributed by atoms with Crippen molar-refractivity contribution in [2.45, 2.75) is 31.7 Å². The first-order chi connectivity index (χ1) is 16.8. The fourth-order valence-electron chi connectivity index (χ4n) is 4.27. The van der Waals surface area contributed by atoms with Crippen molar-refractivity contribution in [3.05, 3.63) is 52.9 Å². The van der Waals surface area contributed by atoms with Gasteiger partial charge < -0.3 is 25.3 Å². The minimum Gasteiger partial charge on any atom is -0.449 e. The van der Waals surface area contributed by atoms with E-state index in [2.05, 4.69) is 20.9 Å². The van der Waals surface area contributed by atoms with E-state index in [0.717, 1.165) is 25.7 Å². The van der Waals surface area contributed by atoms with Gasteiger partial charge in [0.15, 0.2) is 0 Å². The molecule has 0 radical (unpaired) electrons. The van der Waals surface area contributed by atoms with Gasteiger partial charge in [-0.1, -0.05) is 11.6 Å². The van der Waals surface area contributed by atoms with Gasteiger partial charge in [0.25, 0.3) is 11.8 Å². The van der Waals surface area contributed by atoms with E-state index in [1.165, 1.54) is 11.1 Å². The van der Waals surface area contributed by atoms with E-state index in [1.807, 2.05) is 7.05 Å². The molecule has 200 valence electrons. The van der Waals surface area contributed by atoms with Crippen molar-refractivity contribution in [1.82, 2.24) is 15.2 Å². The van der Waals surface area contributed by atoms with Crippen molar-refractivity contribution in [2.24, 2.45) is 5.92 Å². The van der Waals surface area contributed by atoms with Crippen molar-refractivity contribution >= 4 is 76.6 Å². The molecular weight excluding hydrogens is 541 g/mol. The summed E-state index contributed by atoms with van der Waals surface area (Å²) in [6, 6.07) is 8.45. The number of aromatic nitrogens is 1. The van der Waals surface area contributed by atoms with Crippen LogP contribution in [0.3, 0.4) is 0 Å². The van der Waals surface area contributed by atoms with E-state index in [4.69, 9.17) is 16.0 Å². The molecule has 37 heavy (non-hydrogen) atoms. The van der Waals surface area contributed by atoms with E-state index < -0.39 is 5.91 Å². The van der Waals surface area contributed by atoms with Crippen molar-refractivity contribution in [2.75, 3.05) is 31.8 Å². The minimum atomic E-state index is -0.578. The van der Waals surface area contributed by atoms with Crippen LogP contribution in [-0.4, -0.2) is 54.8 Å². The second kappa shape index (κ2) is 13.1. The number of carbonyl (C=O) groups is 3. The molecule has 3 amide bonds. The number of amides is 3. The fraction of sp³-hybridized carbons (Fsp3) is 0.360. The van der Waals surface area contributed by atoms with Gasteiger partial charge in [-0.15, -0.1) is 24.8 Å². The molecule has 12 heteroatoms. The lowest BCUT2D eigenvalue weighted by molar-refractivity contribution is -0.120. The van der Waals surface area contributed by atoms with Crippen LogP contribution >= 0.6 is 36.4 Å². The fourth-order valence-corrected chi connectivity index (χ4v) is 4.38. The monoisotopic (exact) mass is 569 g/mol. The third-order valence-electron chi connectivity index (χ3n) is 6.27. The van der Waals surface area contributed by atoms with Crippen LogP contribution in [0.4, 0.5) is 11.5 Å². The van der Waals surface area contributed by atoms with Crippen LogP contribution in [0, 0.1) is 5.92 Å². The Morgan fingerprint density at radius 1 is 1.03 bits per heavy atom. The second-order valence-electron chi connectivity index (χ2n) is 8.86. The molecular formula is C25H30Cl3N5O4. The number of rotatable bonds is 6. The van der Waals surface area contributed by atoms with Gasteiger partial charge in [-0.25, -0.2) is 4.98 Å². The van der Waals surface area contributed by atoms with E-state index in [9.17, 15) is 14.4 Å². The first kappa shape index (κ1) is 30.4. The van der Waals surface area contributed by atoms with Gasteiger partial charge in [-0.3, -0.25) is 14.4 Å². The molecule has 0 atom stereocenters. The van der Waals surface area contributed by atoms with Crippen molar-refractivity contribution in [3.8, 4) is 0 Å². The largest absolute Gasteiger partial charge is 0.449 e. The number of fused-ring (bicyclic) bond motifs is 1. The summed E-state index contributed by atoms with van der Waals surface area (Å²) in [6.45, 7) is 0. The molecule has 1 fully saturated rings. The van der Waals surface area contributed by atoms with Crippen molar-refractivity contribution in [1.29, 1.82) is 0 Å². The molecule has 1 aromatic carbocycles. The van der Waals surface area contributed by atoms with Crippen molar-refractivity contribution in [3.63, 3.8) is 0 Å². The first-order valence-electron chi connectivity index (χ1n) is 11.5. The number of nitrogens with one attached hydrogen (secondary N) is 3. The quantitative estimate of drug-likeness (QED) is 0.384. The molecule has 2 aromatic heterocycles. The van der Waals surface area contributed by atoms with Crippen LogP contribution in [0.2, 0.25) is 5.02 Å². The number of anilines is 2. The summed E-state index contributed by atoms with van der Waals surface area (Å²) in [7, 11) is 5.24. The van der Waals surface area contributed by atoms with Gasteiger partial charge in [-0.2, -0.15) is 0 Å². The zero-order valence-electron chi connectivity index (χ0n) is 20.7. The molecule has 3 N–H and O–H groups in total. The number of benzene rings is 1. The molecule has 3 aromatic rings. The van der Waals surface area contributed by atoms with Gasteiger partial charge >= 0.3 is 0 Å². The standard InChI is InChI=1S/C25H28ClN5O4.2ClH/c1-27-17-8-4-14(5-9-17)23(32)30-21-18-12-15(25(34)31(2)3)6-10-19(18)35-22(21)24(33)29-20-11-7-16(26)13-28-20;;/h6-7,10-14,17,27H,4-5,8-9H2,1-3H3,(H,30,32)(H,28,29,33);2*1H. The normalized spacial score (nSPS) is 16.8. The summed E-state index contributed by atoms with van der Waals surface area (Å²) in [5.74, 6) is -0.914. The SMILES string of the molecule is CNC1CCC(C(=O)Nc2c(C(=O)Nc3ccc(Cl)cn3)oc3ccc(C(=O)N(C)C)cc23)CC1.Cl.Cl. The van der Waals surface area contributed by atoms with Gasteiger partial charge in [0.1, 0.15) is 17.1 Å². The molecule has 2 heterocycles. The summed E-state index contributed by atoms with van der Waals surface area (Å²) in [5, 5.41) is 9.77. The Kier molecular flexibility index (Phi) is 10.8. The molecule has 9 nitrogen and oxygen atoms in total. The maximum Gasteiger partial charge on any atom is 0.294 e. The van der Waals surface area contributed by atoms with E-state index >= 15 is 0 Å². The number of hydrogen-bond donors (Lipinski definition) is 3. The summed E-state index contributed by atoms with van der Waals surface area (Å²) < 4.78 is 5.86. The van der Waals surface area contributed by atoms with Gasteiger partial charge in [0, 0.05) is 43.2 Å². The Hall–Kier alpha value is -2.85. The molecule has 4 rings (SSSR count). The second-order valence-corrected chi connectivity index (χ2v) is 9.30. The Morgan fingerprint density at radius 2 is 1.73 bits per heavy atom. The first-order valence-corrected chi connectivity index (χ1v) is 11.8. The topological polar surface area (TPSA) is 117 Å². The molecule has 0 aliphatic heterocycles. The summed E-state index contributed by atoms with van der Waals surface area (Å²) in [4.78, 5) is 44.4. The summed E-state index contributed by atoms with van der Waals surface area (Å²) >= 11 is 5.88. The smallest absolute Gasteiger partial charge is 0.294 e. The van der Waals surface area contributed by atoms with Crippen LogP contribution in [-0.2, 0) is 4.79 Å². The highest BCUT2D eigenvalue weighted by Gasteiger charge is 2.29. The molecule has 1 aliphatic carbocycles. The maximum atomic E-state index is 13.2. The molecule has 0 saturated heterocycles. The lowest BCUT2D eigenvalue weighted by Gasteiger charge is -2.27. The van der Waals surface area contributed by atoms with E-state index in [0.29, 0.717) is 27.6 Å². The summed E-state index contributed by atoms with van der Waals surface area (Å²) in [6.07, 6.45) is 4.70. The highest BCUT2D eigenvalue weighted by molar-refractivity contribution is 6.30. The number of carbonyl (C=O) groups excluding carboxylic acids is 3. The number of furan rings is 1. The van der Waals surface area contributed by atoms with Gasteiger partial charge in [0.2, 0.25) is 11.7 Å². The Morgan fingerprint density at radius 3 is 2.32 bits per heavy atom. The Bertz CT molecular complexity index is 1260. The minimum absolute atomic E-state index is 0. The summed E-state index contributed by atoms with van der Waals surface area (Å²) in [5.41, 5.74) is 1.03. The molecule has 0 unspecified atom stereocenters. The van der Waals surface area contributed by atoms with E-state index in [-0.39, 0.29) is 59.8 Å². The average Bonchev–Trinajstić information content (AvgIpc) is 3.22. The maximum absolute atomic E-state index is 13.2. The lowest BCUT2D eigenvalue weighted by Crippen LogP contribution is -2.34.